The smallest absolute Gasteiger partial charge is 0.262 e. The molecule has 2 aromatic carbocycles. The molecule has 1 atom stereocenters. The van der Waals surface area contributed by atoms with Gasteiger partial charge in [0.25, 0.3) is 11.8 Å². The molecule has 2 heterocycles. The number of morpholine rings is 1. The molecule has 2 aliphatic heterocycles. The van der Waals surface area contributed by atoms with Gasteiger partial charge in [-0.25, -0.2) is 0 Å². The van der Waals surface area contributed by atoms with Crippen LogP contribution in [0.2, 0.25) is 0 Å². The van der Waals surface area contributed by atoms with Gasteiger partial charge in [0.15, 0.2) is 6.61 Å². The molecule has 2 amide bonds. The van der Waals surface area contributed by atoms with E-state index in [1.54, 1.807) is 23.1 Å². The number of anilines is 1. The fraction of sp³-hybridized carbons (Fsp3) is 0.263. The lowest BCUT2D eigenvalue weighted by Gasteiger charge is -2.33. The SMILES string of the molecule is O=C1COc2ccc(C(=O)N3CCOC(c4ccc(Br)cc4)C3)cc2N1. The zero-order valence-corrected chi connectivity index (χ0v) is 15.5. The summed E-state index contributed by atoms with van der Waals surface area (Å²) in [5.41, 5.74) is 2.09. The Hall–Kier alpha value is -2.38. The third-order valence-corrected chi connectivity index (χ3v) is 4.98. The van der Waals surface area contributed by atoms with Crippen LogP contribution in [-0.4, -0.2) is 43.0 Å². The molecular formula is C19H17BrN2O4. The monoisotopic (exact) mass is 416 g/mol. The van der Waals surface area contributed by atoms with E-state index in [-0.39, 0.29) is 24.5 Å². The maximum atomic E-state index is 12.9. The third kappa shape index (κ3) is 3.45. The molecule has 0 bridgehead atoms. The average molecular weight is 417 g/mol. The Morgan fingerprint density at radius 2 is 2.00 bits per heavy atom. The number of amides is 2. The second-order valence-electron chi connectivity index (χ2n) is 6.21. The van der Waals surface area contributed by atoms with E-state index in [1.165, 1.54) is 0 Å². The zero-order chi connectivity index (χ0) is 18.1. The highest BCUT2D eigenvalue weighted by Gasteiger charge is 2.27. The first kappa shape index (κ1) is 17.1. The van der Waals surface area contributed by atoms with Crippen LogP contribution >= 0.6 is 15.9 Å². The Morgan fingerprint density at radius 3 is 2.81 bits per heavy atom. The van der Waals surface area contributed by atoms with Gasteiger partial charge >= 0.3 is 0 Å². The van der Waals surface area contributed by atoms with Crippen molar-refractivity contribution in [3.8, 4) is 5.75 Å². The molecule has 134 valence electrons. The summed E-state index contributed by atoms with van der Waals surface area (Å²) in [5, 5.41) is 2.73. The lowest BCUT2D eigenvalue weighted by Crippen LogP contribution is -2.42. The molecule has 2 aliphatic rings. The Bertz CT molecular complexity index is 853. The van der Waals surface area contributed by atoms with Crippen molar-refractivity contribution in [3.05, 3.63) is 58.1 Å². The lowest BCUT2D eigenvalue weighted by atomic mass is 10.1. The van der Waals surface area contributed by atoms with E-state index in [1.807, 2.05) is 24.3 Å². The van der Waals surface area contributed by atoms with Crippen molar-refractivity contribution >= 4 is 33.4 Å². The van der Waals surface area contributed by atoms with Crippen molar-refractivity contribution in [3.63, 3.8) is 0 Å². The van der Waals surface area contributed by atoms with Crippen LogP contribution in [0, 0.1) is 0 Å². The van der Waals surface area contributed by atoms with E-state index in [2.05, 4.69) is 21.2 Å². The minimum atomic E-state index is -0.219. The third-order valence-electron chi connectivity index (χ3n) is 4.45. The highest BCUT2D eigenvalue weighted by atomic mass is 79.9. The number of fused-ring (bicyclic) bond motifs is 1. The van der Waals surface area contributed by atoms with E-state index in [4.69, 9.17) is 9.47 Å². The van der Waals surface area contributed by atoms with Crippen LogP contribution in [0.3, 0.4) is 0 Å². The van der Waals surface area contributed by atoms with Gasteiger partial charge in [-0.05, 0) is 35.9 Å². The minimum absolute atomic E-state index is 0.00136. The number of benzene rings is 2. The first-order valence-corrected chi connectivity index (χ1v) is 9.12. The lowest BCUT2D eigenvalue weighted by molar-refractivity contribution is -0.118. The van der Waals surface area contributed by atoms with Gasteiger partial charge in [0, 0.05) is 16.6 Å². The number of rotatable bonds is 2. The van der Waals surface area contributed by atoms with Crippen molar-refractivity contribution < 1.29 is 19.1 Å². The number of nitrogens with one attached hydrogen (secondary N) is 1. The van der Waals surface area contributed by atoms with Crippen LogP contribution in [-0.2, 0) is 9.53 Å². The molecule has 0 saturated carbocycles. The summed E-state index contributed by atoms with van der Waals surface area (Å²) in [6.07, 6.45) is -0.151. The van der Waals surface area contributed by atoms with E-state index in [0.29, 0.717) is 36.7 Å². The average Bonchev–Trinajstić information content (AvgIpc) is 2.67. The summed E-state index contributed by atoms with van der Waals surface area (Å²) in [6, 6.07) is 13.0. The maximum absolute atomic E-state index is 12.9. The summed E-state index contributed by atoms with van der Waals surface area (Å²) in [4.78, 5) is 26.2. The summed E-state index contributed by atoms with van der Waals surface area (Å²) >= 11 is 3.42. The number of hydrogen-bond acceptors (Lipinski definition) is 4. The minimum Gasteiger partial charge on any atom is -0.482 e. The Balaban J connectivity index is 1.51. The quantitative estimate of drug-likeness (QED) is 0.816. The number of halogens is 1. The molecule has 2 aromatic rings. The van der Waals surface area contributed by atoms with Gasteiger partial charge in [-0.3, -0.25) is 9.59 Å². The van der Waals surface area contributed by atoms with Gasteiger partial charge in [-0.1, -0.05) is 28.1 Å². The molecule has 4 rings (SSSR count). The maximum Gasteiger partial charge on any atom is 0.262 e. The van der Waals surface area contributed by atoms with Crippen molar-refractivity contribution in [1.82, 2.24) is 4.90 Å². The number of nitrogens with zero attached hydrogens (tertiary/aromatic N) is 1. The second kappa shape index (κ2) is 7.09. The Kier molecular flexibility index (Phi) is 4.65. The number of carbonyl (C=O) groups is 2. The summed E-state index contributed by atoms with van der Waals surface area (Å²) < 4.78 is 12.2. The first-order chi connectivity index (χ1) is 12.6. The Morgan fingerprint density at radius 1 is 1.19 bits per heavy atom. The molecule has 0 aromatic heterocycles. The van der Waals surface area contributed by atoms with Crippen LogP contribution in [0.4, 0.5) is 5.69 Å². The molecule has 0 radical (unpaired) electrons. The largest absolute Gasteiger partial charge is 0.482 e. The van der Waals surface area contributed by atoms with E-state index in [9.17, 15) is 9.59 Å². The van der Waals surface area contributed by atoms with Crippen molar-refractivity contribution in [2.45, 2.75) is 6.10 Å². The van der Waals surface area contributed by atoms with Gasteiger partial charge in [0.2, 0.25) is 0 Å². The zero-order valence-electron chi connectivity index (χ0n) is 13.9. The molecule has 0 spiro atoms. The molecule has 1 N–H and O–H groups in total. The first-order valence-electron chi connectivity index (χ1n) is 8.33. The summed E-state index contributed by atoms with van der Waals surface area (Å²) in [5.74, 6) is 0.276. The fourth-order valence-electron chi connectivity index (χ4n) is 3.11. The molecule has 26 heavy (non-hydrogen) atoms. The molecule has 1 saturated heterocycles. The standard InChI is InChI=1S/C19H17BrN2O4/c20-14-4-1-12(2-5-14)17-10-22(7-8-25-17)19(24)13-3-6-16-15(9-13)21-18(23)11-26-16/h1-6,9,17H,7-8,10-11H2,(H,21,23). The van der Waals surface area contributed by atoms with Gasteiger partial charge in [-0.15, -0.1) is 0 Å². The molecule has 1 fully saturated rings. The highest BCUT2D eigenvalue weighted by Crippen LogP contribution is 2.30. The van der Waals surface area contributed by atoms with E-state index < -0.39 is 0 Å². The van der Waals surface area contributed by atoms with Gasteiger partial charge in [0.05, 0.1) is 18.8 Å². The summed E-state index contributed by atoms with van der Waals surface area (Å²) in [6.45, 7) is 1.50. The van der Waals surface area contributed by atoms with E-state index in [0.717, 1.165) is 10.0 Å². The van der Waals surface area contributed by atoms with Crippen LogP contribution in [0.25, 0.3) is 0 Å². The van der Waals surface area contributed by atoms with Crippen molar-refractivity contribution in [2.24, 2.45) is 0 Å². The van der Waals surface area contributed by atoms with E-state index >= 15 is 0 Å². The number of ether oxygens (including phenoxy) is 2. The van der Waals surface area contributed by atoms with Crippen molar-refractivity contribution in [1.29, 1.82) is 0 Å². The summed E-state index contributed by atoms with van der Waals surface area (Å²) in [7, 11) is 0. The molecule has 1 unspecified atom stereocenters. The molecular weight excluding hydrogens is 400 g/mol. The topological polar surface area (TPSA) is 67.9 Å². The predicted octanol–water partition coefficient (Wildman–Crippen LogP) is 2.99. The van der Waals surface area contributed by atoms with Crippen LogP contribution in [0.1, 0.15) is 22.0 Å². The molecule has 6 nitrogen and oxygen atoms in total. The van der Waals surface area contributed by atoms with Gasteiger partial charge < -0.3 is 19.7 Å². The van der Waals surface area contributed by atoms with Crippen molar-refractivity contribution in [2.75, 3.05) is 31.6 Å². The van der Waals surface area contributed by atoms with Gasteiger partial charge in [0.1, 0.15) is 11.9 Å². The Labute approximate surface area is 159 Å². The van der Waals surface area contributed by atoms with Gasteiger partial charge in [-0.2, -0.15) is 0 Å². The predicted molar refractivity (Wildman–Crippen MR) is 99.3 cm³/mol. The van der Waals surface area contributed by atoms with Crippen LogP contribution < -0.4 is 10.1 Å². The fourth-order valence-corrected chi connectivity index (χ4v) is 3.38. The van der Waals surface area contributed by atoms with Crippen LogP contribution in [0.5, 0.6) is 5.75 Å². The number of hydrogen-bond donors (Lipinski definition) is 1. The highest BCUT2D eigenvalue weighted by molar-refractivity contribution is 9.10. The second-order valence-corrected chi connectivity index (χ2v) is 7.13. The molecule has 7 heteroatoms. The van der Waals surface area contributed by atoms with Crippen LogP contribution in [0.15, 0.2) is 46.9 Å². The number of carbonyl (C=O) groups excluding carboxylic acids is 2. The normalized spacial score (nSPS) is 19.3. The molecule has 0 aliphatic carbocycles.